The van der Waals surface area contributed by atoms with Crippen molar-refractivity contribution in [3.8, 4) is 11.5 Å². The largest absolute Gasteiger partial charge is 0.493 e. The Morgan fingerprint density at radius 2 is 1.86 bits per heavy atom. The molecule has 4 aromatic rings. The van der Waals surface area contributed by atoms with Crippen molar-refractivity contribution in [3.05, 3.63) is 128 Å². The number of thiazole rings is 1. The summed E-state index contributed by atoms with van der Waals surface area (Å²) in [6, 6.07) is 18.5. The van der Waals surface area contributed by atoms with Crippen molar-refractivity contribution >= 4 is 51.7 Å². The van der Waals surface area contributed by atoms with Crippen LogP contribution in [-0.2, 0) is 16.1 Å². The molecule has 43 heavy (non-hydrogen) atoms. The Morgan fingerprint density at radius 1 is 1.14 bits per heavy atom. The van der Waals surface area contributed by atoms with E-state index in [-0.39, 0.29) is 17.9 Å². The number of carbonyl (C=O) groups excluding carboxylic acids is 1. The second-order valence-corrected chi connectivity index (χ2v) is 11.6. The van der Waals surface area contributed by atoms with Crippen molar-refractivity contribution in [2.75, 3.05) is 14.2 Å². The first-order valence-electron chi connectivity index (χ1n) is 13.2. The molecular formula is C31H26IN3O7S. The third-order valence-electron chi connectivity index (χ3n) is 6.85. The highest BCUT2D eigenvalue weighted by Gasteiger charge is 2.33. The van der Waals surface area contributed by atoms with E-state index in [4.69, 9.17) is 19.2 Å². The van der Waals surface area contributed by atoms with E-state index in [0.29, 0.717) is 44.1 Å². The molecule has 0 bridgehead atoms. The molecule has 12 heteroatoms. The van der Waals surface area contributed by atoms with Crippen molar-refractivity contribution in [1.29, 1.82) is 0 Å². The number of hydrogen-bond donors (Lipinski definition) is 0. The van der Waals surface area contributed by atoms with E-state index in [2.05, 4.69) is 22.6 Å². The van der Waals surface area contributed by atoms with Crippen LogP contribution in [0.15, 0.2) is 87.8 Å². The van der Waals surface area contributed by atoms with Crippen molar-refractivity contribution in [3.63, 3.8) is 0 Å². The maximum atomic E-state index is 13.9. The van der Waals surface area contributed by atoms with Crippen LogP contribution in [0.2, 0.25) is 0 Å². The van der Waals surface area contributed by atoms with Gasteiger partial charge in [0.2, 0.25) is 0 Å². The summed E-state index contributed by atoms with van der Waals surface area (Å²) < 4.78 is 19.5. The number of methoxy groups -OCH3 is 2. The Morgan fingerprint density at radius 3 is 2.49 bits per heavy atom. The Kier molecular flexibility index (Phi) is 9.06. The lowest BCUT2D eigenvalue weighted by molar-refractivity contribution is -0.384. The number of aromatic nitrogens is 1. The third kappa shape index (κ3) is 6.11. The number of carbonyl (C=O) groups is 1. The molecule has 0 amide bonds. The van der Waals surface area contributed by atoms with E-state index in [1.807, 2.05) is 43.3 Å². The van der Waals surface area contributed by atoms with Gasteiger partial charge < -0.3 is 14.2 Å². The molecular weight excluding hydrogens is 685 g/mol. The van der Waals surface area contributed by atoms with Crippen LogP contribution in [0.1, 0.15) is 36.1 Å². The fourth-order valence-corrected chi connectivity index (χ4v) is 6.60. The molecule has 0 aliphatic carbocycles. The lowest BCUT2D eigenvalue weighted by Gasteiger charge is -2.25. The highest BCUT2D eigenvalue weighted by molar-refractivity contribution is 14.1. The molecule has 0 radical (unpaired) electrons. The van der Waals surface area contributed by atoms with E-state index in [9.17, 15) is 19.7 Å². The second kappa shape index (κ2) is 12.9. The van der Waals surface area contributed by atoms with Crippen molar-refractivity contribution in [2.45, 2.75) is 26.0 Å². The summed E-state index contributed by atoms with van der Waals surface area (Å²) in [5.74, 6) is 0.461. The molecule has 5 rings (SSSR count). The average Bonchev–Trinajstić information content (AvgIpc) is 3.33. The number of halogens is 1. The van der Waals surface area contributed by atoms with Crippen LogP contribution in [0.25, 0.3) is 6.08 Å². The van der Waals surface area contributed by atoms with E-state index >= 15 is 0 Å². The summed E-state index contributed by atoms with van der Waals surface area (Å²) in [6.45, 7) is 2.10. The molecule has 1 atom stereocenters. The minimum Gasteiger partial charge on any atom is -0.493 e. The van der Waals surface area contributed by atoms with Gasteiger partial charge in [0.25, 0.3) is 11.2 Å². The zero-order valence-corrected chi connectivity index (χ0v) is 26.4. The van der Waals surface area contributed by atoms with Gasteiger partial charge in [-0.15, -0.1) is 0 Å². The molecule has 2 heterocycles. The summed E-state index contributed by atoms with van der Waals surface area (Å²) in [5, 5.41) is 10.9. The first-order valence-corrected chi connectivity index (χ1v) is 15.1. The zero-order valence-electron chi connectivity index (χ0n) is 23.4. The predicted octanol–water partition coefficient (Wildman–Crippen LogP) is 4.90. The smallest absolute Gasteiger partial charge is 0.338 e. The number of nitro benzene ring substituents is 1. The van der Waals surface area contributed by atoms with Gasteiger partial charge in [-0.3, -0.25) is 19.5 Å². The number of nitro groups is 1. The monoisotopic (exact) mass is 711 g/mol. The normalized spacial score (nSPS) is 14.6. The van der Waals surface area contributed by atoms with Crippen LogP contribution in [0, 0.1) is 13.7 Å². The number of fused-ring (bicyclic) bond motifs is 1. The Labute approximate surface area is 263 Å². The van der Waals surface area contributed by atoms with E-state index < -0.39 is 16.9 Å². The molecule has 1 aromatic heterocycles. The minimum absolute atomic E-state index is 0.00747. The fraction of sp³-hybridized carbons (Fsp3) is 0.194. The number of ether oxygens (including phenoxy) is 3. The SMILES string of the molecule is CCC1=C(C(=O)OC)[C@@H](c2ccccc2)n2c(s/c(=C\c3cc(I)c(OCc4ccc([N+](=O)[O-])cc4)c(OC)c3)c2=O)=N1. The van der Waals surface area contributed by atoms with Gasteiger partial charge in [0.15, 0.2) is 16.3 Å². The van der Waals surface area contributed by atoms with Crippen molar-refractivity contribution in [1.82, 2.24) is 4.57 Å². The molecule has 0 spiro atoms. The van der Waals surface area contributed by atoms with Gasteiger partial charge in [0, 0.05) is 12.1 Å². The van der Waals surface area contributed by atoms with Crippen LogP contribution in [-0.4, -0.2) is 29.7 Å². The molecule has 1 aliphatic heterocycles. The maximum absolute atomic E-state index is 13.9. The number of rotatable bonds is 9. The van der Waals surface area contributed by atoms with Crippen LogP contribution < -0.4 is 24.4 Å². The lowest BCUT2D eigenvalue weighted by atomic mass is 9.95. The predicted molar refractivity (Wildman–Crippen MR) is 170 cm³/mol. The minimum atomic E-state index is -0.674. The van der Waals surface area contributed by atoms with Crippen molar-refractivity contribution < 1.29 is 23.9 Å². The number of non-ortho nitro benzene ring substituents is 1. The van der Waals surface area contributed by atoms with Crippen LogP contribution in [0.5, 0.6) is 11.5 Å². The van der Waals surface area contributed by atoms with E-state index in [1.54, 1.807) is 28.8 Å². The Balaban J connectivity index is 1.54. The highest BCUT2D eigenvalue weighted by Crippen LogP contribution is 2.35. The summed E-state index contributed by atoms with van der Waals surface area (Å²) in [4.78, 5) is 42.5. The topological polar surface area (TPSA) is 122 Å². The van der Waals surface area contributed by atoms with Gasteiger partial charge in [-0.05, 0) is 76.0 Å². The summed E-state index contributed by atoms with van der Waals surface area (Å²) in [7, 11) is 2.85. The van der Waals surface area contributed by atoms with Gasteiger partial charge in [-0.1, -0.05) is 48.6 Å². The Bertz CT molecular complexity index is 1920. The number of allylic oxidation sites excluding steroid dienone is 1. The number of esters is 1. The van der Waals surface area contributed by atoms with Crippen LogP contribution >= 0.6 is 33.9 Å². The molecule has 0 N–H and O–H groups in total. The van der Waals surface area contributed by atoms with Crippen LogP contribution in [0.3, 0.4) is 0 Å². The summed E-state index contributed by atoms with van der Waals surface area (Å²) in [6.07, 6.45) is 2.26. The molecule has 0 saturated heterocycles. The number of hydrogen-bond acceptors (Lipinski definition) is 9. The van der Waals surface area contributed by atoms with Crippen molar-refractivity contribution in [2.24, 2.45) is 4.99 Å². The highest BCUT2D eigenvalue weighted by atomic mass is 127. The molecule has 0 saturated carbocycles. The zero-order chi connectivity index (χ0) is 30.7. The third-order valence-corrected chi connectivity index (χ3v) is 8.63. The lowest BCUT2D eigenvalue weighted by Crippen LogP contribution is -2.40. The maximum Gasteiger partial charge on any atom is 0.338 e. The first kappa shape index (κ1) is 30.2. The summed E-state index contributed by atoms with van der Waals surface area (Å²) in [5.41, 5.74) is 2.92. The molecule has 0 fully saturated rings. The van der Waals surface area contributed by atoms with Gasteiger partial charge in [-0.25, -0.2) is 9.79 Å². The molecule has 10 nitrogen and oxygen atoms in total. The standard InChI is InChI=1S/C31H26IN3O7S/c1-4-23-26(30(37)41-3)27(20-8-6-5-7-9-20)34-29(36)25(43-31(34)33-23)16-19-14-22(32)28(24(15-19)40-2)42-17-18-10-12-21(13-11-18)35(38)39/h5-16,27H,4,17H2,1-3H3/b25-16-/t27-/m1/s1. The molecule has 1 aliphatic rings. The Hall–Kier alpha value is -4.30. The quantitative estimate of drug-likeness (QED) is 0.105. The van der Waals surface area contributed by atoms with Gasteiger partial charge >= 0.3 is 5.97 Å². The van der Waals surface area contributed by atoms with E-state index in [0.717, 1.165) is 14.7 Å². The number of nitrogens with zero attached hydrogens (tertiary/aromatic N) is 3. The number of benzene rings is 3. The fourth-order valence-electron chi connectivity index (χ4n) is 4.80. The first-order chi connectivity index (χ1) is 20.7. The molecule has 3 aromatic carbocycles. The molecule has 0 unspecified atom stereocenters. The van der Waals surface area contributed by atoms with Gasteiger partial charge in [0.1, 0.15) is 6.61 Å². The van der Waals surface area contributed by atoms with Crippen LogP contribution in [0.4, 0.5) is 5.69 Å². The average molecular weight is 712 g/mol. The van der Waals surface area contributed by atoms with Gasteiger partial charge in [0.05, 0.1) is 44.6 Å². The molecule has 220 valence electrons. The summed E-state index contributed by atoms with van der Waals surface area (Å²) >= 11 is 3.39. The second-order valence-electron chi connectivity index (χ2n) is 9.45. The van der Waals surface area contributed by atoms with E-state index in [1.165, 1.54) is 37.7 Å². The van der Waals surface area contributed by atoms with Gasteiger partial charge in [-0.2, -0.15) is 0 Å².